The minimum atomic E-state index is 0.0963. The van der Waals surface area contributed by atoms with Crippen molar-refractivity contribution in [1.82, 2.24) is 0 Å². The van der Waals surface area contributed by atoms with Crippen LogP contribution in [0.5, 0.6) is 5.75 Å². The number of carbonyl (C=O) groups is 1. The standard InChI is InChI=1S/C21H27NO2/c1-3-5-11-18(4-2)21(23)22-19-12-14-20(15-13-19)24-16-17-9-7-6-8-10-17/h6-10,12-15,18H,3-5,11,16H2,1-2H3,(H,22,23)/t18-/m1/s1. The van der Waals surface area contributed by atoms with Crippen molar-refractivity contribution >= 4 is 11.6 Å². The summed E-state index contributed by atoms with van der Waals surface area (Å²) in [7, 11) is 0. The highest BCUT2D eigenvalue weighted by Crippen LogP contribution is 2.19. The molecule has 0 bridgehead atoms. The van der Waals surface area contributed by atoms with Gasteiger partial charge in [0.1, 0.15) is 12.4 Å². The number of nitrogens with one attached hydrogen (secondary N) is 1. The van der Waals surface area contributed by atoms with Gasteiger partial charge >= 0.3 is 0 Å². The van der Waals surface area contributed by atoms with Crippen molar-refractivity contribution in [3.05, 3.63) is 60.2 Å². The van der Waals surface area contributed by atoms with Crippen LogP contribution in [0.3, 0.4) is 0 Å². The molecule has 1 amide bonds. The molecule has 0 aliphatic heterocycles. The zero-order valence-corrected chi connectivity index (χ0v) is 14.6. The monoisotopic (exact) mass is 325 g/mol. The number of anilines is 1. The van der Waals surface area contributed by atoms with E-state index in [2.05, 4.69) is 19.2 Å². The molecule has 0 aliphatic carbocycles. The number of hydrogen-bond donors (Lipinski definition) is 1. The maximum Gasteiger partial charge on any atom is 0.227 e. The normalized spacial score (nSPS) is 11.8. The van der Waals surface area contributed by atoms with Crippen LogP contribution in [0.4, 0.5) is 5.69 Å². The van der Waals surface area contributed by atoms with E-state index in [9.17, 15) is 4.79 Å². The topological polar surface area (TPSA) is 38.3 Å². The summed E-state index contributed by atoms with van der Waals surface area (Å²) in [5, 5.41) is 3.01. The number of ether oxygens (including phenoxy) is 1. The molecular weight excluding hydrogens is 298 g/mol. The molecule has 1 N–H and O–H groups in total. The summed E-state index contributed by atoms with van der Waals surface area (Å²) in [6.07, 6.45) is 4.05. The van der Waals surface area contributed by atoms with Crippen molar-refractivity contribution in [2.45, 2.75) is 46.1 Å². The van der Waals surface area contributed by atoms with Crippen molar-refractivity contribution in [2.75, 3.05) is 5.32 Å². The van der Waals surface area contributed by atoms with E-state index >= 15 is 0 Å². The smallest absolute Gasteiger partial charge is 0.227 e. The molecule has 2 aromatic rings. The van der Waals surface area contributed by atoms with Gasteiger partial charge in [0.15, 0.2) is 0 Å². The average molecular weight is 325 g/mol. The molecule has 3 heteroatoms. The minimum Gasteiger partial charge on any atom is -0.489 e. The fourth-order valence-corrected chi connectivity index (χ4v) is 2.59. The minimum absolute atomic E-state index is 0.0963. The van der Waals surface area contributed by atoms with Crippen LogP contribution in [0.15, 0.2) is 54.6 Å². The highest BCUT2D eigenvalue weighted by molar-refractivity contribution is 5.92. The Bertz CT molecular complexity index is 607. The number of hydrogen-bond acceptors (Lipinski definition) is 2. The van der Waals surface area contributed by atoms with Gasteiger partial charge in [0.05, 0.1) is 0 Å². The Labute approximate surface area is 145 Å². The summed E-state index contributed by atoms with van der Waals surface area (Å²) in [5.41, 5.74) is 1.96. The lowest BCUT2D eigenvalue weighted by molar-refractivity contribution is -0.120. The van der Waals surface area contributed by atoms with Crippen LogP contribution in [0.1, 0.15) is 45.1 Å². The number of rotatable bonds is 9. The predicted octanol–water partition coefficient (Wildman–Crippen LogP) is 5.42. The number of amides is 1. The first-order valence-corrected chi connectivity index (χ1v) is 8.80. The van der Waals surface area contributed by atoms with Crippen molar-refractivity contribution in [2.24, 2.45) is 5.92 Å². The highest BCUT2D eigenvalue weighted by Gasteiger charge is 2.15. The van der Waals surface area contributed by atoms with Crippen molar-refractivity contribution in [3.63, 3.8) is 0 Å². The molecule has 1 atom stereocenters. The fourth-order valence-electron chi connectivity index (χ4n) is 2.59. The Morgan fingerprint density at radius 3 is 2.38 bits per heavy atom. The van der Waals surface area contributed by atoms with Crippen LogP contribution in [0, 0.1) is 5.92 Å². The molecule has 0 heterocycles. The molecule has 0 unspecified atom stereocenters. The zero-order valence-electron chi connectivity index (χ0n) is 14.6. The highest BCUT2D eigenvalue weighted by atomic mass is 16.5. The molecule has 0 spiro atoms. The lowest BCUT2D eigenvalue weighted by atomic mass is 9.98. The average Bonchev–Trinajstić information content (AvgIpc) is 2.62. The third-order valence-corrected chi connectivity index (χ3v) is 4.14. The molecule has 0 aromatic heterocycles. The predicted molar refractivity (Wildman–Crippen MR) is 99.2 cm³/mol. The van der Waals surface area contributed by atoms with E-state index in [1.54, 1.807) is 0 Å². The molecule has 24 heavy (non-hydrogen) atoms. The third-order valence-electron chi connectivity index (χ3n) is 4.14. The van der Waals surface area contributed by atoms with Gasteiger partial charge in [-0.1, -0.05) is 57.0 Å². The van der Waals surface area contributed by atoms with Crippen LogP contribution in [0.2, 0.25) is 0 Å². The molecule has 2 aromatic carbocycles. The molecule has 3 nitrogen and oxygen atoms in total. The Balaban J connectivity index is 1.86. The lowest BCUT2D eigenvalue weighted by Gasteiger charge is -2.15. The Hall–Kier alpha value is -2.29. The van der Waals surface area contributed by atoms with Gasteiger partial charge in [-0.2, -0.15) is 0 Å². The first kappa shape index (κ1) is 18.1. The molecule has 0 saturated carbocycles. The van der Waals surface area contributed by atoms with Crippen LogP contribution in [-0.2, 0) is 11.4 Å². The summed E-state index contributed by atoms with van der Waals surface area (Å²) in [4.78, 5) is 12.3. The van der Waals surface area contributed by atoms with Crippen molar-refractivity contribution in [3.8, 4) is 5.75 Å². The molecule has 128 valence electrons. The number of unbranched alkanes of at least 4 members (excludes halogenated alkanes) is 1. The summed E-state index contributed by atoms with van der Waals surface area (Å²) < 4.78 is 5.76. The molecule has 0 radical (unpaired) electrons. The first-order valence-electron chi connectivity index (χ1n) is 8.80. The molecule has 0 aliphatic rings. The first-order chi connectivity index (χ1) is 11.7. The van der Waals surface area contributed by atoms with E-state index in [1.807, 2.05) is 54.6 Å². The van der Waals surface area contributed by atoms with Crippen LogP contribution in [0.25, 0.3) is 0 Å². The molecular formula is C21H27NO2. The fraction of sp³-hybridized carbons (Fsp3) is 0.381. The van der Waals surface area contributed by atoms with Crippen molar-refractivity contribution < 1.29 is 9.53 Å². The number of carbonyl (C=O) groups excluding carboxylic acids is 1. The van der Waals surface area contributed by atoms with Crippen LogP contribution >= 0.6 is 0 Å². The van der Waals surface area contributed by atoms with Crippen LogP contribution < -0.4 is 10.1 Å². The van der Waals surface area contributed by atoms with Gasteiger partial charge in [0.2, 0.25) is 5.91 Å². The van der Waals surface area contributed by atoms with Crippen LogP contribution in [-0.4, -0.2) is 5.91 Å². The largest absolute Gasteiger partial charge is 0.489 e. The van der Waals surface area contributed by atoms with E-state index in [1.165, 1.54) is 0 Å². The Kier molecular flexibility index (Phi) is 7.34. The quantitative estimate of drug-likeness (QED) is 0.668. The summed E-state index contributed by atoms with van der Waals surface area (Å²) in [6, 6.07) is 17.6. The third kappa shape index (κ3) is 5.73. The van der Waals surface area contributed by atoms with Gasteiger partial charge in [0.25, 0.3) is 0 Å². The second-order valence-corrected chi connectivity index (χ2v) is 6.04. The maximum absolute atomic E-state index is 12.3. The van der Waals surface area contributed by atoms with E-state index in [-0.39, 0.29) is 11.8 Å². The van der Waals surface area contributed by atoms with E-state index in [0.717, 1.165) is 42.7 Å². The zero-order chi connectivity index (χ0) is 17.2. The Morgan fingerprint density at radius 2 is 1.75 bits per heavy atom. The molecule has 0 saturated heterocycles. The molecule has 0 fully saturated rings. The maximum atomic E-state index is 12.3. The van der Waals surface area contributed by atoms with Gasteiger partial charge in [0, 0.05) is 11.6 Å². The second kappa shape index (κ2) is 9.76. The van der Waals surface area contributed by atoms with E-state index in [4.69, 9.17) is 4.74 Å². The van der Waals surface area contributed by atoms with E-state index < -0.39 is 0 Å². The van der Waals surface area contributed by atoms with Gasteiger partial charge in [-0.05, 0) is 42.7 Å². The number of benzene rings is 2. The molecule has 2 rings (SSSR count). The summed E-state index contributed by atoms with van der Waals surface area (Å²) in [6.45, 7) is 4.76. The van der Waals surface area contributed by atoms with Gasteiger partial charge in [-0.3, -0.25) is 4.79 Å². The lowest BCUT2D eigenvalue weighted by Crippen LogP contribution is -2.22. The van der Waals surface area contributed by atoms with Gasteiger partial charge in [-0.15, -0.1) is 0 Å². The second-order valence-electron chi connectivity index (χ2n) is 6.04. The summed E-state index contributed by atoms with van der Waals surface area (Å²) in [5.74, 6) is 1.01. The van der Waals surface area contributed by atoms with E-state index in [0.29, 0.717) is 6.61 Å². The SMILES string of the molecule is CCCC[C@@H](CC)C(=O)Nc1ccc(OCc2ccccc2)cc1. The summed E-state index contributed by atoms with van der Waals surface area (Å²) >= 11 is 0. The Morgan fingerprint density at radius 1 is 1.04 bits per heavy atom. The van der Waals surface area contributed by atoms with Crippen molar-refractivity contribution in [1.29, 1.82) is 0 Å². The van der Waals surface area contributed by atoms with Gasteiger partial charge < -0.3 is 10.1 Å². The van der Waals surface area contributed by atoms with Gasteiger partial charge in [-0.25, -0.2) is 0 Å².